The van der Waals surface area contributed by atoms with E-state index in [1.807, 2.05) is 6.92 Å². The Bertz CT molecular complexity index is 159. The Kier molecular flexibility index (Phi) is 3.66. The molecule has 4 heteroatoms. The van der Waals surface area contributed by atoms with Crippen LogP contribution in [0.25, 0.3) is 0 Å². The first-order valence-electron chi connectivity index (χ1n) is 4.34. The lowest BCUT2D eigenvalue weighted by molar-refractivity contribution is 0.237. The molecule has 1 fully saturated rings. The van der Waals surface area contributed by atoms with Crippen LogP contribution >= 0.6 is 11.6 Å². The fraction of sp³-hybridized carbons (Fsp3) is 0.875. The second kappa shape index (κ2) is 4.55. The van der Waals surface area contributed by atoms with E-state index in [4.69, 9.17) is 11.6 Å². The van der Waals surface area contributed by atoms with E-state index in [0.29, 0.717) is 24.4 Å². The van der Waals surface area contributed by atoms with Gasteiger partial charge in [-0.05, 0) is 25.7 Å². The van der Waals surface area contributed by atoms with Crippen molar-refractivity contribution < 1.29 is 4.79 Å². The zero-order valence-electron chi connectivity index (χ0n) is 7.27. The Morgan fingerprint density at radius 2 is 2.33 bits per heavy atom. The molecule has 0 heterocycles. The molecule has 0 spiro atoms. The Morgan fingerprint density at radius 3 is 2.83 bits per heavy atom. The van der Waals surface area contributed by atoms with Crippen molar-refractivity contribution in [2.45, 2.75) is 25.8 Å². The molecule has 0 saturated heterocycles. The molecule has 1 atom stereocenters. The molecule has 0 radical (unpaired) electrons. The predicted molar refractivity (Wildman–Crippen MR) is 49.4 cm³/mol. The third-order valence-corrected chi connectivity index (χ3v) is 2.26. The number of carbonyl (C=O) groups excluding carboxylic acids is 1. The van der Waals surface area contributed by atoms with E-state index in [1.165, 1.54) is 12.8 Å². The fourth-order valence-electron chi connectivity index (χ4n) is 1.13. The van der Waals surface area contributed by atoms with Gasteiger partial charge in [-0.2, -0.15) is 0 Å². The van der Waals surface area contributed by atoms with Gasteiger partial charge in [0, 0.05) is 18.5 Å². The minimum atomic E-state index is -0.102. The maximum absolute atomic E-state index is 11.1. The zero-order valence-corrected chi connectivity index (χ0v) is 8.03. The number of rotatable bonds is 4. The Balaban J connectivity index is 2.07. The van der Waals surface area contributed by atoms with E-state index in [9.17, 15) is 4.79 Å². The zero-order chi connectivity index (χ0) is 8.97. The second-order valence-corrected chi connectivity index (χ2v) is 3.59. The van der Waals surface area contributed by atoms with Gasteiger partial charge in [-0.15, -0.1) is 11.6 Å². The molecule has 2 N–H and O–H groups in total. The number of nitrogens with one attached hydrogen (secondary N) is 2. The summed E-state index contributed by atoms with van der Waals surface area (Å²) in [6.45, 7) is 2.57. The second-order valence-electron chi connectivity index (χ2n) is 3.22. The van der Waals surface area contributed by atoms with Gasteiger partial charge < -0.3 is 10.6 Å². The summed E-state index contributed by atoms with van der Waals surface area (Å²) < 4.78 is 0. The van der Waals surface area contributed by atoms with Crippen LogP contribution in [0.1, 0.15) is 19.8 Å². The first-order valence-corrected chi connectivity index (χ1v) is 4.88. The van der Waals surface area contributed by atoms with Gasteiger partial charge in [0.05, 0.1) is 0 Å². The summed E-state index contributed by atoms with van der Waals surface area (Å²) in [7, 11) is 0. The SMILES string of the molecule is C[C@@H](NC(=O)NCCCl)C1CC1. The van der Waals surface area contributed by atoms with Crippen molar-refractivity contribution in [1.29, 1.82) is 0 Å². The standard InChI is InChI=1S/C8H15ClN2O/c1-6(7-2-3-7)11-8(12)10-5-4-9/h6-7H,2-5H2,1H3,(H2,10,11,12)/t6-/m1/s1. The van der Waals surface area contributed by atoms with Crippen LogP contribution in [0, 0.1) is 5.92 Å². The lowest BCUT2D eigenvalue weighted by atomic mass is 10.2. The van der Waals surface area contributed by atoms with Gasteiger partial charge in [0.2, 0.25) is 0 Å². The molecule has 1 saturated carbocycles. The van der Waals surface area contributed by atoms with Crippen molar-refractivity contribution in [1.82, 2.24) is 10.6 Å². The van der Waals surface area contributed by atoms with Gasteiger partial charge >= 0.3 is 6.03 Å². The topological polar surface area (TPSA) is 41.1 Å². The highest BCUT2D eigenvalue weighted by Gasteiger charge is 2.28. The number of amides is 2. The summed E-state index contributed by atoms with van der Waals surface area (Å²) in [5, 5.41) is 5.53. The van der Waals surface area contributed by atoms with E-state index in [2.05, 4.69) is 10.6 Å². The van der Waals surface area contributed by atoms with Gasteiger partial charge in [-0.3, -0.25) is 0 Å². The van der Waals surface area contributed by atoms with Crippen molar-refractivity contribution in [2.75, 3.05) is 12.4 Å². The average Bonchev–Trinajstić information content (AvgIpc) is 2.82. The number of hydrogen-bond donors (Lipinski definition) is 2. The Hall–Kier alpha value is -0.440. The number of hydrogen-bond acceptors (Lipinski definition) is 1. The number of alkyl halides is 1. The lowest BCUT2D eigenvalue weighted by Crippen LogP contribution is -2.42. The van der Waals surface area contributed by atoms with Crippen LogP contribution in [0.2, 0.25) is 0 Å². The molecule has 0 aromatic rings. The highest BCUT2D eigenvalue weighted by atomic mass is 35.5. The molecule has 0 unspecified atom stereocenters. The van der Waals surface area contributed by atoms with E-state index in [1.54, 1.807) is 0 Å². The molecule has 70 valence electrons. The van der Waals surface area contributed by atoms with Crippen LogP contribution in [0.15, 0.2) is 0 Å². The largest absolute Gasteiger partial charge is 0.337 e. The fourth-order valence-corrected chi connectivity index (χ4v) is 1.23. The third kappa shape index (κ3) is 3.30. The molecular formula is C8H15ClN2O. The minimum absolute atomic E-state index is 0.102. The summed E-state index contributed by atoms with van der Waals surface area (Å²) >= 11 is 5.41. The molecule has 2 amide bonds. The van der Waals surface area contributed by atoms with Crippen molar-refractivity contribution in [3.8, 4) is 0 Å². The molecule has 12 heavy (non-hydrogen) atoms. The monoisotopic (exact) mass is 190 g/mol. The highest BCUT2D eigenvalue weighted by molar-refractivity contribution is 6.18. The normalized spacial score (nSPS) is 18.5. The summed E-state index contributed by atoms with van der Waals surface area (Å²) in [4.78, 5) is 11.1. The first-order chi connectivity index (χ1) is 5.74. The van der Waals surface area contributed by atoms with Crippen molar-refractivity contribution in [3.05, 3.63) is 0 Å². The molecule has 1 aliphatic rings. The molecule has 0 aliphatic heterocycles. The number of carbonyl (C=O) groups is 1. The van der Waals surface area contributed by atoms with E-state index >= 15 is 0 Å². The van der Waals surface area contributed by atoms with E-state index < -0.39 is 0 Å². The molecule has 0 bridgehead atoms. The smallest absolute Gasteiger partial charge is 0.315 e. The first kappa shape index (κ1) is 9.65. The Labute approximate surface area is 77.9 Å². The molecule has 3 nitrogen and oxygen atoms in total. The molecule has 1 rings (SSSR count). The summed E-state index contributed by atoms with van der Waals surface area (Å²) in [5.74, 6) is 1.16. The summed E-state index contributed by atoms with van der Waals surface area (Å²) in [6.07, 6.45) is 2.49. The highest BCUT2D eigenvalue weighted by Crippen LogP contribution is 2.32. The van der Waals surface area contributed by atoms with E-state index in [0.717, 1.165) is 0 Å². The Morgan fingerprint density at radius 1 is 1.67 bits per heavy atom. The van der Waals surface area contributed by atoms with Crippen LogP contribution in [0.3, 0.4) is 0 Å². The van der Waals surface area contributed by atoms with Crippen LogP contribution < -0.4 is 10.6 Å². The van der Waals surface area contributed by atoms with Gasteiger partial charge in [-0.1, -0.05) is 0 Å². The maximum Gasteiger partial charge on any atom is 0.315 e. The maximum atomic E-state index is 11.1. The van der Waals surface area contributed by atoms with Crippen LogP contribution in [0.4, 0.5) is 4.79 Å². The minimum Gasteiger partial charge on any atom is -0.337 e. The van der Waals surface area contributed by atoms with Gasteiger partial charge in [0.25, 0.3) is 0 Å². The lowest BCUT2D eigenvalue weighted by Gasteiger charge is -2.12. The van der Waals surface area contributed by atoms with Crippen LogP contribution in [0.5, 0.6) is 0 Å². The summed E-state index contributed by atoms with van der Waals surface area (Å²) in [6, 6.07) is 0.204. The van der Waals surface area contributed by atoms with Crippen molar-refractivity contribution in [2.24, 2.45) is 5.92 Å². The molecule has 1 aliphatic carbocycles. The molecule has 0 aromatic heterocycles. The number of urea groups is 1. The van der Waals surface area contributed by atoms with E-state index in [-0.39, 0.29) is 6.03 Å². The quantitative estimate of drug-likeness (QED) is 0.646. The van der Waals surface area contributed by atoms with Crippen LogP contribution in [-0.2, 0) is 0 Å². The van der Waals surface area contributed by atoms with Gasteiger partial charge in [0.15, 0.2) is 0 Å². The van der Waals surface area contributed by atoms with Crippen molar-refractivity contribution >= 4 is 17.6 Å². The molecular weight excluding hydrogens is 176 g/mol. The van der Waals surface area contributed by atoms with Gasteiger partial charge in [-0.25, -0.2) is 4.79 Å². The third-order valence-electron chi connectivity index (χ3n) is 2.07. The van der Waals surface area contributed by atoms with Gasteiger partial charge in [0.1, 0.15) is 0 Å². The molecule has 0 aromatic carbocycles. The predicted octanol–water partition coefficient (Wildman–Crippen LogP) is 1.32. The summed E-state index contributed by atoms with van der Waals surface area (Å²) in [5.41, 5.74) is 0. The number of halogens is 1. The van der Waals surface area contributed by atoms with Crippen LogP contribution in [-0.4, -0.2) is 24.5 Å². The average molecular weight is 191 g/mol. The van der Waals surface area contributed by atoms with Crippen molar-refractivity contribution in [3.63, 3.8) is 0 Å².